The second-order valence-corrected chi connectivity index (χ2v) is 9.58. The summed E-state index contributed by atoms with van der Waals surface area (Å²) in [6, 6.07) is 0.599. The molecule has 3 heterocycles. The van der Waals surface area contributed by atoms with Crippen LogP contribution in [-0.2, 0) is 14.8 Å². The molecular formula is C19H24F6N6O5S. The first-order valence-electron chi connectivity index (χ1n) is 10.5. The highest BCUT2D eigenvalue weighted by atomic mass is 32.2. The van der Waals surface area contributed by atoms with E-state index in [1.807, 2.05) is 0 Å². The number of alkyl halides is 6. The van der Waals surface area contributed by atoms with Crippen LogP contribution in [0.2, 0.25) is 0 Å². The molecule has 1 unspecified atom stereocenters. The third-order valence-electron chi connectivity index (χ3n) is 4.89. The Labute approximate surface area is 206 Å². The lowest BCUT2D eigenvalue weighted by Gasteiger charge is -2.18. The zero-order valence-corrected chi connectivity index (χ0v) is 19.8. The molecule has 1 aliphatic heterocycles. The molecule has 0 aliphatic carbocycles. The Morgan fingerprint density at radius 1 is 1.30 bits per heavy atom. The van der Waals surface area contributed by atoms with Gasteiger partial charge in [0.15, 0.2) is 5.65 Å². The zero-order chi connectivity index (χ0) is 28.0. The Hall–Kier alpha value is -2.96. The number of aliphatic carboxylic acids is 1. The lowest BCUT2D eigenvalue weighted by molar-refractivity contribution is -0.192. The maximum absolute atomic E-state index is 12.7. The van der Waals surface area contributed by atoms with Crippen LogP contribution >= 0.6 is 0 Å². The SMILES string of the molecule is C=CC[C@@H](CO)NS(=O)(=O)c1cnn2ccc(NC3CCN(CC(F)(F)F)C3)nc12.O=C(O)C(F)(F)F. The minimum atomic E-state index is -5.08. The van der Waals surface area contributed by atoms with Crippen molar-refractivity contribution in [2.75, 3.05) is 31.6 Å². The molecule has 1 saturated heterocycles. The minimum absolute atomic E-state index is 0.0629. The number of halogens is 6. The van der Waals surface area contributed by atoms with Gasteiger partial charge in [0, 0.05) is 31.4 Å². The zero-order valence-electron chi connectivity index (χ0n) is 19.0. The third-order valence-corrected chi connectivity index (χ3v) is 6.40. The van der Waals surface area contributed by atoms with E-state index in [-0.39, 0.29) is 29.6 Å². The average Bonchev–Trinajstić information content (AvgIpc) is 3.38. The molecule has 0 saturated carbocycles. The van der Waals surface area contributed by atoms with Gasteiger partial charge >= 0.3 is 18.3 Å². The van der Waals surface area contributed by atoms with Gasteiger partial charge in [-0.25, -0.2) is 27.4 Å². The summed E-state index contributed by atoms with van der Waals surface area (Å²) in [6.07, 6.45) is -4.43. The smallest absolute Gasteiger partial charge is 0.475 e. The molecule has 18 heteroatoms. The Morgan fingerprint density at radius 3 is 2.49 bits per heavy atom. The van der Waals surface area contributed by atoms with E-state index in [0.29, 0.717) is 18.8 Å². The standard InChI is InChI=1S/C17H23F3N6O3S.C2HF3O2/c1-2-3-13(10-27)24-30(28,29)14-8-21-26-7-5-15(23-16(14)26)22-12-4-6-25(9-12)11-17(18,19)20;3-2(4,5)1(6)7/h2,5,7-8,12-13,24,27H,1,3-4,6,9-11H2,(H,22,23);(H,6,7)/t12?,13-;/m0./s1. The lowest BCUT2D eigenvalue weighted by atomic mass is 10.2. The molecule has 2 aromatic heterocycles. The monoisotopic (exact) mass is 562 g/mol. The first kappa shape index (κ1) is 30.3. The first-order valence-corrected chi connectivity index (χ1v) is 12.0. The first-order chi connectivity index (χ1) is 17.1. The number of aliphatic hydroxyl groups excluding tert-OH is 1. The second-order valence-electron chi connectivity index (χ2n) is 7.90. The predicted octanol–water partition coefficient (Wildman–Crippen LogP) is 1.63. The van der Waals surface area contributed by atoms with Gasteiger partial charge in [-0.2, -0.15) is 31.4 Å². The van der Waals surface area contributed by atoms with Gasteiger partial charge in [-0.05, 0) is 18.9 Å². The van der Waals surface area contributed by atoms with Crippen LogP contribution in [0.3, 0.4) is 0 Å². The van der Waals surface area contributed by atoms with E-state index in [9.17, 15) is 39.9 Å². The molecule has 0 bridgehead atoms. The number of fused-ring (bicyclic) bond motifs is 1. The fraction of sp³-hybridized carbons (Fsp3) is 0.526. The quantitative estimate of drug-likeness (QED) is 0.264. The Kier molecular flexibility index (Phi) is 9.86. The van der Waals surface area contributed by atoms with Crippen LogP contribution in [0.4, 0.5) is 32.2 Å². The molecule has 0 radical (unpaired) electrons. The van der Waals surface area contributed by atoms with Gasteiger partial charge in [-0.1, -0.05) is 6.08 Å². The minimum Gasteiger partial charge on any atom is -0.475 e. The topological polar surface area (TPSA) is 149 Å². The fourth-order valence-corrected chi connectivity index (χ4v) is 4.62. The highest BCUT2D eigenvalue weighted by Crippen LogP contribution is 2.22. The summed E-state index contributed by atoms with van der Waals surface area (Å²) in [6.45, 7) is 2.67. The van der Waals surface area contributed by atoms with Crippen molar-refractivity contribution in [1.29, 1.82) is 0 Å². The van der Waals surface area contributed by atoms with Crippen LogP contribution in [0.15, 0.2) is 36.0 Å². The van der Waals surface area contributed by atoms with E-state index in [4.69, 9.17) is 9.90 Å². The Morgan fingerprint density at radius 2 is 1.95 bits per heavy atom. The summed E-state index contributed by atoms with van der Waals surface area (Å²) in [5.74, 6) is -2.42. The number of anilines is 1. The molecule has 3 rings (SSSR count). The van der Waals surface area contributed by atoms with E-state index in [1.165, 1.54) is 21.7 Å². The molecule has 2 aromatic rings. The normalized spacial score (nSPS) is 17.8. The number of nitrogens with one attached hydrogen (secondary N) is 2. The number of carboxylic acid groups (broad SMARTS) is 1. The van der Waals surface area contributed by atoms with E-state index in [1.54, 1.807) is 6.07 Å². The van der Waals surface area contributed by atoms with Gasteiger partial charge in [-0.15, -0.1) is 6.58 Å². The third kappa shape index (κ3) is 9.13. The van der Waals surface area contributed by atoms with Crippen molar-refractivity contribution in [2.24, 2.45) is 0 Å². The molecule has 37 heavy (non-hydrogen) atoms. The van der Waals surface area contributed by atoms with Gasteiger partial charge in [0.2, 0.25) is 10.0 Å². The molecule has 0 aromatic carbocycles. The number of aliphatic hydroxyl groups is 1. The maximum atomic E-state index is 12.7. The van der Waals surface area contributed by atoms with E-state index < -0.39 is 47.5 Å². The summed E-state index contributed by atoms with van der Waals surface area (Å²) in [4.78, 5) is 14.3. The number of carboxylic acids is 1. The number of sulfonamides is 1. The molecule has 208 valence electrons. The molecule has 0 spiro atoms. The summed E-state index contributed by atoms with van der Waals surface area (Å²) in [5, 5.41) is 23.5. The molecule has 11 nitrogen and oxygen atoms in total. The second kappa shape index (κ2) is 12.1. The molecule has 0 amide bonds. The van der Waals surface area contributed by atoms with Crippen molar-refractivity contribution in [3.05, 3.63) is 31.1 Å². The van der Waals surface area contributed by atoms with Crippen molar-refractivity contribution in [3.63, 3.8) is 0 Å². The van der Waals surface area contributed by atoms with Crippen molar-refractivity contribution in [3.8, 4) is 0 Å². The van der Waals surface area contributed by atoms with Gasteiger partial charge in [0.1, 0.15) is 10.7 Å². The van der Waals surface area contributed by atoms with Crippen LogP contribution in [0.1, 0.15) is 12.8 Å². The molecule has 1 aliphatic rings. The Balaban J connectivity index is 0.000000604. The largest absolute Gasteiger partial charge is 0.490 e. The van der Waals surface area contributed by atoms with Crippen molar-refractivity contribution >= 4 is 27.5 Å². The van der Waals surface area contributed by atoms with Crippen LogP contribution < -0.4 is 10.0 Å². The number of hydrogen-bond acceptors (Lipinski definition) is 8. The van der Waals surface area contributed by atoms with E-state index >= 15 is 0 Å². The number of rotatable bonds is 9. The lowest BCUT2D eigenvalue weighted by Crippen LogP contribution is -2.37. The highest BCUT2D eigenvalue weighted by molar-refractivity contribution is 7.89. The molecule has 4 N–H and O–H groups in total. The molecular weight excluding hydrogens is 538 g/mol. The number of hydrogen-bond donors (Lipinski definition) is 4. The summed E-state index contributed by atoms with van der Waals surface area (Å²) >= 11 is 0. The molecule has 1 fully saturated rings. The fourth-order valence-electron chi connectivity index (χ4n) is 3.32. The summed E-state index contributed by atoms with van der Waals surface area (Å²) in [5.41, 5.74) is 0.0629. The van der Waals surface area contributed by atoms with Crippen molar-refractivity contribution < 1.29 is 49.8 Å². The van der Waals surface area contributed by atoms with Crippen LogP contribution in [0, 0.1) is 0 Å². The number of likely N-dealkylation sites (tertiary alicyclic amines) is 1. The Bertz CT molecular complexity index is 1190. The van der Waals surface area contributed by atoms with Gasteiger partial charge in [0.25, 0.3) is 0 Å². The number of nitrogens with zero attached hydrogens (tertiary/aromatic N) is 4. The molecule has 2 atom stereocenters. The van der Waals surface area contributed by atoms with Crippen LogP contribution in [-0.4, -0.2) is 94.8 Å². The highest BCUT2D eigenvalue weighted by Gasteiger charge is 2.38. The predicted molar refractivity (Wildman–Crippen MR) is 117 cm³/mol. The van der Waals surface area contributed by atoms with Crippen LogP contribution in [0.5, 0.6) is 0 Å². The summed E-state index contributed by atoms with van der Waals surface area (Å²) in [7, 11) is -4.01. The van der Waals surface area contributed by atoms with Crippen LogP contribution in [0.25, 0.3) is 5.65 Å². The van der Waals surface area contributed by atoms with E-state index in [0.717, 1.165) is 6.20 Å². The van der Waals surface area contributed by atoms with Crippen molar-refractivity contribution in [1.82, 2.24) is 24.2 Å². The van der Waals surface area contributed by atoms with Gasteiger partial charge < -0.3 is 15.5 Å². The number of carbonyl (C=O) groups is 1. The summed E-state index contributed by atoms with van der Waals surface area (Å²) < 4.78 is 98.5. The van der Waals surface area contributed by atoms with Crippen molar-refractivity contribution in [2.45, 2.75) is 42.2 Å². The van der Waals surface area contributed by atoms with E-state index in [2.05, 4.69) is 26.7 Å². The van der Waals surface area contributed by atoms with Gasteiger partial charge in [-0.3, -0.25) is 4.90 Å². The average molecular weight is 562 g/mol. The maximum Gasteiger partial charge on any atom is 0.490 e. The van der Waals surface area contributed by atoms with Gasteiger partial charge in [0.05, 0.1) is 19.3 Å². The number of aromatic nitrogens is 3.